The number of amides is 1. The number of halogens is 1. The lowest BCUT2D eigenvalue weighted by Crippen LogP contribution is -2.53. The number of alkyl halides is 1. The van der Waals surface area contributed by atoms with Crippen molar-refractivity contribution < 1.29 is 19.4 Å². The van der Waals surface area contributed by atoms with Crippen LogP contribution in [0, 0.1) is 0 Å². The van der Waals surface area contributed by atoms with Gasteiger partial charge in [0.15, 0.2) is 0 Å². The van der Waals surface area contributed by atoms with E-state index in [0.717, 1.165) is 5.56 Å². The molecule has 23 heavy (non-hydrogen) atoms. The molecule has 0 unspecified atom stereocenters. The minimum absolute atomic E-state index is 0.00238. The maximum atomic E-state index is 13.1. The Hall–Kier alpha value is -1.50. The molecule has 0 aromatic heterocycles. The molecule has 1 heterocycles. The monoisotopic (exact) mass is 324 g/mol. The highest BCUT2D eigenvalue weighted by Gasteiger charge is 2.52. The van der Waals surface area contributed by atoms with Crippen LogP contribution in [0.4, 0.5) is 4.39 Å². The fraction of sp³-hybridized carbons (Fsp3) is 0.588. The second-order valence-corrected chi connectivity index (χ2v) is 6.11. The molecule has 0 bridgehead atoms. The largest absolute Gasteiger partial charge is 0.389 e. The normalized spacial score (nSPS) is 30.3. The lowest BCUT2D eigenvalue weighted by Gasteiger charge is -2.33. The molecule has 0 spiro atoms. The molecule has 1 fully saturated rings. The Labute approximate surface area is 135 Å². The van der Waals surface area contributed by atoms with Crippen molar-refractivity contribution >= 4 is 5.91 Å². The third-order valence-electron chi connectivity index (χ3n) is 4.49. The molecule has 6 heteroatoms. The molecule has 0 saturated carbocycles. The molecule has 0 aliphatic carbocycles. The van der Waals surface area contributed by atoms with E-state index in [1.807, 2.05) is 37.3 Å². The summed E-state index contributed by atoms with van der Waals surface area (Å²) in [5, 5.41) is 26.2. The zero-order chi connectivity index (χ0) is 16.9. The minimum Gasteiger partial charge on any atom is -0.389 e. The number of carbonyl (C=O) groups is 1. The molecule has 4 N–H and O–H groups in total. The molecule has 1 aromatic carbocycles. The zero-order valence-corrected chi connectivity index (χ0v) is 13.3. The minimum atomic E-state index is -1.22. The van der Waals surface area contributed by atoms with Crippen molar-refractivity contribution in [1.29, 1.82) is 0 Å². The van der Waals surface area contributed by atoms with Crippen LogP contribution in [0.1, 0.15) is 25.3 Å². The van der Waals surface area contributed by atoms with Gasteiger partial charge < -0.3 is 20.8 Å². The highest BCUT2D eigenvalue weighted by atomic mass is 19.1. The van der Waals surface area contributed by atoms with Crippen molar-refractivity contribution in [1.82, 2.24) is 10.6 Å². The van der Waals surface area contributed by atoms with Crippen LogP contribution >= 0.6 is 0 Å². The van der Waals surface area contributed by atoms with E-state index in [0.29, 0.717) is 19.4 Å². The molecule has 1 aromatic rings. The number of aliphatic hydroxyl groups excluding tert-OH is 2. The number of carbonyl (C=O) groups excluding carboxylic acids is 1. The van der Waals surface area contributed by atoms with E-state index >= 15 is 0 Å². The maximum Gasteiger partial charge on any atom is 0.221 e. The second kappa shape index (κ2) is 7.86. The van der Waals surface area contributed by atoms with Crippen LogP contribution in [0.25, 0.3) is 0 Å². The van der Waals surface area contributed by atoms with Gasteiger partial charge in [-0.25, -0.2) is 4.39 Å². The Kier molecular flexibility index (Phi) is 6.10. The Morgan fingerprint density at radius 3 is 2.61 bits per heavy atom. The van der Waals surface area contributed by atoms with Gasteiger partial charge in [-0.2, -0.15) is 0 Å². The van der Waals surface area contributed by atoms with Gasteiger partial charge in [0.05, 0.1) is 17.7 Å². The Bertz CT molecular complexity index is 514. The van der Waals surface area contributed by atoms with Crippen LogP contribution in [0.2, 0.25) is 0 Å². The molecule has 1 saturated heterocycles. The third kappa shape index (κ3) is 4.07. The summed E-state index contributed by atoms with van der Waals surface area (Å²) >= 11 is 0. The molecular formula is C17H25FN2O3. The molecule has 5 nitrogen and oxygen atoms in total. The number of hydrogen-bond donors (Lipinski definition) is 4. The van der Waals surface area contributed by atoms with Gasteiger partial charge in [0.1, 0.15) is 12.8 Å². The van der Waals surface area contributed by atoms with Gasteiger partial charge in [0.2, 0.25) is 5.91 Å². The highest BCUT2D eigenvalue weighted by molar-refractivity contribution is 5.77. The zero-order valence-electron chi connectivity index (χ0n) is 13.3. The van der Waals surface area contributed by atoms with Crippen molar-refractivity contribution in [3.8, 4) is 0 Å². The fourth-order valence-corrected chi connectivity index (χ4v) is 3.24. The molecular weight excluding hydrogens is 299 g/mol. The van der Waals surface area contributed by atoms with E-state index in [-0.39, 0.29) is 12.3 Å². The number of nitrogens with one attached hydrogen (secondary N) is 2. The number of benzene rings is 1. The van der Waals surface area contributed by atoms with Crippen molar-refractivity contribution in [3.63, 3.8) is 0 Å². The number of rotatable bonds is 7. The first-order valence-electron chi connectivity index (χ1n) is 8.03. The van der Waals surface area contributed by atoms with Gasteiger partial charge in [-0.3, -0.25) is 4.79 Å². The van der Waals surface area contributed by atoms with Gasteiger partial charge in [-0.05, 0) is 25.3 Å². The SMILES string of the molecule is CCNC(=O)C[C@@]1(CCc2ccccc2)N[C@H](CF)[C@@H](O)[C@@H]1O. The van der Waals surface area contributed by atoms with Crippen molar-refractivity contribution in [2.24, 2.45) is 0 Å². The molecule has 128 valence electrons. The molecule has 1 aliphatic heterocycles. The van der Waals surface area contributed by atoms with Gasteiger partial charge in [-0.15, -0.1) is 0 Å². The maximum absolute atomic E-state index is 13.1. The van der Waals surface area contributed by atoms with E-state index in [2.05, 4.69) is 10.6 Å². The Morgan fingerprint density at radius 2 is 2.04 bits per heavy atom. The standard InChI is InChI=1S/C17H25FN2O3/c1-2-19-14(21)10-17(9-8-12-6-4-3-5-7-12)16(23)15(22)13(11-18)20-17/h3-7,13,15-16,20,22-23H,2,8-11H2,1H3,(H,19,21)/t13-,15-,16+,17-/m1/s1. The van der Waals surface area contributed by atoms with Crippen molar-refractivity contribution in [2.45, 2.75) is 50.0 Å². The average Bonchev–Trinajstić information content (AvgIpc) is 2.79. The summed E-state index contributed by atoms with van der Waals surface area (Å²) in [5.74, 6) is -0.223. The lowest BCUT2D eigenvalue weighted by atomic mass is 9.83. The molecule has 4 atom stereocenters. The van der Waals surface area contributed by atoms with E-state index in [4.69, 9.17) is 0 Å². The van der Waals surface area contributed by atoms with E-state index < -0.39 is 30.5 Å². The Morgan fingerprint density at radius 1 is 1.35 bits per heavy atom. The first kappa shape index (κ1) is 17.8. The third-order valence-corrected chi connectivity index (χ3v) is 4.49. The van der Waals surface area contributed by atoms with Gasteiger partial charge in [0, 0.05) is 13.0 Å². The lowest BCUT2D eigenvalue weighted by molar-refractivity contribution is -0.124. The molecule has 1 amide bonds. The van der Waals surface area contributed by atoms with Gasteiger partial charge >= 0.3 is 0 Å². The quantitative estimate of drug-likeness (QED) is 0.590. The summed E-state index contributed by atoms with van der Waals surface area (Å²) in [4.78, 5) is 12.0. The summed E-state index contributed by atoms with van der Waals surface area (Å²) in [6.07, 6.45) is -1.35. The number of hydrogen-bond acceptors (Lipinski definition) is 4. The van der Waals surface area contributed by atoms with Crippen LogP contribution in [0.15, 0.2) is 30.3 Å². The molecule has 0 radical (unpaired) electrons. The number of aryl methyl sites for hydroxylation is 1. The average molecular weight is 324 g/mol. The predicted octanol–water partition coefficient (Wildman–Crippen LogP) is 0.547. The number of aliphatic hydroxyl groups is 2. The highest BCUT2D eigenvalue weighted by Crippen LogP contribution is 2.32. The summed E-state index contributed by atoms with van der Waals surface area (Å²) in [5.41, 5.74) is 0.0422. The van der Waals surface area contributed by atoms with Crippen molar-refractivity contribution in [2.75, 3.05) is 13.2 Å². The summed E-state index contributed by atoms with van der Waals surface area (Å²) in [6.45, 7) is 1.51. The molecule has 1 aliphatic rings. The van der Waals surface area contributed by atoms with Gasteiger partial charge in [-0.1, -0.05) is 30.3 Å². The van der Waals surface area contributed by atoms with Crippen LogP contribution in [-0.2, 0) is 11.2 Å². The van der Waals surface area contributed by atoms with Gasteiger partial charge in [0.25, 0.3) is 0 Å². The topological polar surface area (TPSA) is 81.6 Å². The first-order chi connectivity index (χ1) is 11.0. The summed E-state index contributed by atoms with van der Waals surface area (Å²) < 4.78 is 13.1. The summed E-state index contributed by atoms with van der Waals surface area (Å²) in [7, 11) is 0. The fourth-order valence-electron chi connectivity index (χ4n) is 3.24. The van der Waals surface area contributed by atoms with Crippen LogP contribution < -0.4 is 10.6 Å². The Balaban J connectivity index is 2.16. The van der Waals surface area contributed by atoms with E-state index in [1.165, 1.54) is 0 Å². The van der Waals surface area contributed by atoms with E-state index in [9.17, 15) is 19.4 Å². The van der Waals surface area contributed by atoms with Crippen LogP contribution in [0.3, 0.4) is 0 Å². The smallest absolute Gasteiger partial charge is 0.221 e. The van der Waals surface area contributed by atoms with Crippen LogP contribution in [0.5, 0.6) is 0 Å². The van der Waals surface area contributed by atoms with Crippen LogP contribution in [-0.4, -0.2) is 53.1 Å². The summed E-state index contributed by atoms with van der Waals surface area (Å²) in [6, 6.07) is 8.83. The predicted molar refractivity (Wildman–Crippen MR) is 85.7 cm³/mol. The van der Waals surface area contributed by atoms with E-state index in [1.54, 1.807) is 0 Å². The second-order valence-electron chi connectivity index (χ2n) is 6.11. The first-order valence-corrected chi connectivity index (χ1v) is 8.03. The van der Waals surface area contributed by atoms with Crippen molar-refractivity contribution in [3.05, 3.63) is 35.9 Å². The molecule has 2 rings (SSSR count).